The second-order valence-electron chi connectivity index (χ2n) is 3.80. The number of aryl methyl sites for hydroxylation is 1. The van der Waals surface area contributed by atoms with Crippen LogP contribution < -0.4 is 0 Å². The SMILES string of the molecule is COC(=O)C(C)CSc1cc(C)c([N+](=O)[O-])cn1. The molecule has 0 radical (unpaired) electrons. The van der Waals surface area contributed by atoms with E-state index in [1.165, 1.54) is 25.1 Å². The lowest BCUT2D eigenvalue weighted by Gasteiger charge is -2.08. The maximum Gasteiger partial charge on any atom is 0.309 e. The van der Waals surface area contributed by atoms with E-state index in [-0.39, 0.29) is 17.6 Å². The third kappa shape index (κ3) is 3.69. The summed E-state index contributed by atoms with van der Waals surface area (Å²) in [7, 11) is 1.35. The first-order valence-corrected chi connectivity index (χ1v) is 6.26. The number of pyridine rings is 1. The molecular weight excluding hydrogens is 256 g/mol. The molecule has 0 amide bonds. The molecular formula is C11H14N2O4S. The molecule has 98 valence electrons. The molecule has 0 N–H and O–H groups in total. The fraction of sp³-hybridized carbons (Fsp3) is 0.455. The summed E-state index contributed by atoms with van der Waals surface area (Å²) in [6.45, 7) is 3.42. The molecule has 0 spiro atoms. The smallest absolute Gasteiger partial charge is 0.309 e. The molecule has 1 heterocycles. The fourth-order valence-corrected chi connectivity index (χ4v) is 2.22. The Labute approximate surface area is 109 Å². The van der Waals surface area contributed by atoms with E-state index in [4.69, 9.17) is 0 Å². The predicted octanol–water partition coefficient (Wildman–Crippen LogP) is 2.20. The maximum atomic E-state index is 11.2. The van der Waals surface area contributed by atoms with Crippen LogP contribution in [-0.2, 0) is 9.53 Å². The van der Waals surface area contributed by atoms with E-state index >= 15 is 0 Å². The minimum absolute atomic E-state index is 0.000339. The van der Waals surface area contributed by atoms with Gasteiger partial charge in [-0.2, -0.15) is 0 Å². The zero-order valence-electron chi connectivity index (χ0n) is 10.4. The topological polar surface area (TPSA) is 82.3 Å². The molecule has 0 fully saturated rings. The van der Waals surface area contributed by atoms with Gasteiger partial charge in [-0.25, -0.2) is 4.98 Å². The van der Waals surface area contributed by atoms with Crippen molar-refractivity contribution in [3.05, 3.63) is 27.9 Å². The van der Waals surface area contributed by atoms with E-state index in [1.807, 2.05) is 0 Å². The molecule has 0 aliphatic carbocycles. The molecule has 0 bridgehead atoms. The van der Waals surface area contributed by atoms with Crippen LogP contribution >= 0.6 is 11.8 Å². The number of thioether (sulfide) groups is 1. The van der Waals surface area contributed by atoms with Crippen LogP contribution in [0, 0.1) is 23.0 Å². The van der Waals surface area contributed by atoms with Crippen molar-refractivity contribution in [2.45, 2.75) is 18.9 Å². The molecule has 7 heteroatoms. The monoisotopic (exact) mass is 270 g/mol. The lowest BCUT2D eigenvalue weighted by molar-refractivity contribution is -0.385. The van der Waals surface area contributed by atoms with E-state index in [2.05, 4.69) is 9.72 Å². The number of carbonyl (C=O) groups is 1. The third-order valence-electron chi connectivity index (χ3n) is 2.34. The number of hydrogen-bond donors (Lipinski definition) is 0. The highest BCUT2D eigenvalue weighted by molar-refractivity contribution is 7.99. The van der Waals surface area contributed by atoms with Crippen LogP contribution in [0.15, 0.2) is 17.3 Å². The molecule has 1 aromatic heterocycles. The van der Waals surface area contributed by atoms with Gasteiger partial charge in [0.05, 0.1) is 23.0 Å². The Morgan fingerprint density at radius 3 is 2.83 bits per heavy atom. The highest BCUT2D eigenvalue weighted by Crippen LogP contribution is 2.24. The van der Waals surface area contributed by atoms with Gasteiger partial charge in [0.15, 0.2) is 0 Å². The fourth-order valence-electron chi connectivity index (χ4n) is 1.27. The van der Waals surface area contributed by atoms with Gasteiger partial charge in [-0.3, -0.25) is 14.9 Å². The number of carbonyl (C=O) groups excluding carboxylic acids is 1. The van der Waals surface area contributed by atoms with Crippen molar-refractivity contribution < 1.29 is 14.5 Å². The molecule has 1 unspecified atom stereocenters. The van der Waals surface area contributed by atoms with E-state index in [9.17, 15) is 14.9 Å². The standard InChI is InChI=1S/C11H14N2O4S/c1-7-4-10(12-5-9(7)13(15)16)18-6-8(2)11(14)17-3/h4-5,8H,6H2,1-3H3. The number of ether oxygens (including phenoxy) is 1. The third-order valence-corrected chi connectivity index (χ3v) is 3.53. The second kappa shape index (κ2) is 6.34. The number of aromatic nitrogens is 1. The van der Waals surface area contributed by atoms with Crippen molar-refractivity contribution in [1.82, 2.24) is 4.98 Å². The van der Waals surface area contributed by atoms with Gasteiger partial charge in [-0.1, -0.05) is 6.92 Å². The Hall–Kier alpha value is -1.63. The molecule has 1 aromatic rings. The minimum atomic E-state index is -0.464. The van der Waals surface area contributed by atoms with Crippen molar-refractivity contribution in [2.75, 3.05) is 12.9 Å². The molecule has 0 saturated heterocycles. The van der Waals surface area contributed by atoms with Gasteiger partial charge in [0, 0.05) is 11.3 Å². The lowest BCUT2D eigenvalue weighted by atomic mass is 10.2. The summed E-state index contributed by atoms with van der Waals surface area (Å²) in [5.41, 5.74) is 0.559. The molecule has 0 aromatic carbocycles. The molecule has 0 aliphatic heterocycles. The van der Waals surface area contributed by atoms with Gasteiger partial charge in [0.1, 0.15) is 6.20 Å². The van der Waals surface area contributed by atoms with Crippen LogP contribution in [-0.4, -0.2) is 28.7 Å². The summed E-state index contributed by atoms with van der Waals surface area (Å²) in [4.78, 5) is 25.3. The molecule has 6 nitrogen and oxygen atoms in total. The number of esters is 1. The number of nitrogens with zero attached hydrogens (tertiary/aromatic N) is 2. The Morgan fingerprint density at radius 2 is 2.33 bits per heavy atom. The van der Waals surface area contributed by atoms with Gasteiger partial charge in [0.25, 0.3) is 5.69 Å². The van der Waals surface area contributed by atoms with E-state index in [1.54, 1.807) is 19.9 Å². The minimum Gasteiger partial charge on any atom is -0.469 e. The summed E-state index contributed by atoms with van der Waals surface area (Å²) < 4.78 is 4.61. The van der Waals surface area contributed by atoms with Crippen molar-refractivity contribution in [1.29, 1.82) is 0 Å². The first-order valence-electron chi connectivity index (χ1n) is 5.27. The summed E-state index contributed by atoms with van der Waals surface area (Å²) in [5, 5.41) is 11.3. The lowest BCUT2D eigenvalue weighted by Crippen LogP contribution is -2.14. The summed E-state index contributed by atoms with van der Waals surface area (Å²) in [5.74, 6) is 0.00939. The van der Waals surface area contributed by atoms with E-state index in [0.717, 1.165) is 0 Å². The Balaban J connectivity index is 2.67. The Kier molecular flexibility index (Phi) is 5.08. The zero-order chi connectivity index (χ0) is 13.7. The zero-order valence-corrected chi connectivity index (χ0v) is 11.2. The molecule has 0 saturated carbocycles. The van der Waals surface area contributed by atoms with Gasteiger partial charge >= 0.3 is 5.97 Å². The first kappa shape index (κ1) is 14.4. The molecule has 0 aliphatic rings. The van der Waals surface area contributed by atoms with Crippen LogP contribution in [0.4, 0.5) is 5.69 Å². The Morgan fingerprint density at radius 1 is 1.67 bits per heavy atom. The van der Waals surface area contributed by atoms with E-state index in [0.29, 0.717) is 16.3 Å². The van der Waals surface area contributed by atoms with Crippen LogP contribution in [0.25, 0.3) is 0 Å². The van der Waals surface area contributed by atoms with Crippen LogP contribution in [0.1, 0.15) is 12.5 Å². The maximum absolute atomic E-state index is 11.2. The Bertz CT molecular complexity index is 464. The van der Waals surface area contributed by atoms with Gasteiger partial charge in [-0.15, -0.1) is 11.8 Å². The summed E-state index contributed by atoms with van der Waals surface area (Å²) in [6.07, 6.45) is 1.24. The summed E-state index contributed by atoms with van der Waals surface area (Å²) >= 11 is 1.37. The van der Waals surface area contributed by atoms with Crippen molar-refractivity contribution >= 4 is 23.4 Å². The van der Waals surface area contributed by atoms with Crippen molar-refractivity contribution in [3.8, 4) is 0 Å². The van der Waals surface area contributed by atoms with Gasteiger partial charge in [-0.05, 0) is 13.0 Å². The second-order valence-corrected chi connectivity index (χ2v) is 4.84. The number of nitro groups is 1. The van der Waals surface area contributed by atoms with Gasteiger partial charge < -0.3 is 4.74 Å². The molecule has 18 heavy (non-hydrogen) atoms. The predicted molar refractivity (Wildman–Crippen MR) is 67.5 cm³/mol. The summed E-state index contributed by atoms with van der Waals surface area (Å²) in [6, 6.07) is 1.65. The number of methoxy groups -OCH3 is 1. The van der Waals surface area contributed by atoms with Crippen molar-refractivity contribution in [2.24, 2.45) is 5.92 Å². The first-order chi connectivity index (χ1) is 8.45. The van der Waals surface area contributed by atoms with Crippen LogP contribution in [0.5, 0.6) is 0 Å². The molecule has 1 rings (SSSR count). The van der Waals surface area contributed by atoms with E-state index < -0.39 is 4.92 Å². The average molecular weight is 270 g/mol. The van der Waals surface area contributed by atoms with Crippen LogP contribution in [0.2, 0.25) is 0 Å². The van der Waals surface area contributed by atoms with Crippen molar-refractivity contribution in [3.63, 3.8) is 0 Å². The van der Waals surface area contributed by atoms with Crippen LogP contribution in [0.3, 0.4) is 0 Å². The van der Waals surface area contributed by atoms with Gasteiger partial charge in [0.2, 0.25) is 0 Å². The molecule has 1 atom stereocenters. The normalized spacial score (nSPS) is 11.9. The quantitative estimate of drug-likeness (QED) is 0.353. The number of rotatable bonds is 5. The largest absolute Gasteiger partial charge is 0.469 e. The number of hydrogen-bond acceptors (Lipinski definition) is 6. The highest BCUT2D eigenvalue weighted by Gasteiger charge is 2.15. The average Bonchev–Trinajstić information content (AvgIpc) is 2.34. The highest BCUT2D eigenvalue weighted by atomic mass is 32.2.